The minimum absolute atomic E-state index is 0.0890. The smallest absolute Gasteiger partial charge is 0.307 e. The van der Waals surface area contributed by atoms with Crippen LogP contribution in [0.4, 0.5) is 0 Å². The second-order valence-corrected chi connectivity index (χ2v) is 5.30. The number of carbonyl (C=O) groups excluding carboxylic acids is 1. The van der Waals surface area contributed by atoms with Gasteiger partial charge in [-0.2, -0.15) is 0 Å². The lowest BCUT2D eigenvalue weighted by molar-refractivity contribution is -0.156. The molecule has 19 heavy (non-hydrogen) atoms. The van der Waals surface area contributed by atoms with Gasteiger partial charge in [0.15, 0.2) is 0 Å². The molecule has 1 heterocycles. The topological polar surface area (TPSA) is 87.1 Å². The molecule has 0 aromatic carbocycles. The van der Waals surface area contributed by atoms with Gasteiger partial charge < -0.3 is 19.8 Å². The second kappa shape index (κ2) is 6.34. The number of amides is 1. The molecule has 6 nitrogen and oxygen atoms in total. The Morgan fingerprint density at radius 1 is 1.21 bits per heavy atom. The summed E-state index contributed by atoms with van der Waals surface area (Å²) in [5, 5.41) is 18.3. The quantitative estimate of drug-likeness (QED) is 0.760. The molecule has 2 N–H and O–H groups in total. The number of morpholine rings is 1. The molecule has 0 bridgehead atoms. The Morgan fingerprint density at radius 3 is 2.53 bits per heavy atom. The third-order valence-corrected chi connectivity index (χ3v) is 4.05. The van der Waals surface area contributed by atoms with Gasteiger partial charge >= 0.3 is 5.97 Å². The first-order valence-electron chi connectivity index (χ1n) is 6.87. The molecule has 108 valence electrons. The molecule has 1 aliphatic heterocycles. The molecule has 1 saturated carbocycles. The highest BCUT2D eigenvalue weighted by molar-refractivity contribution is 5.85. The van der Waals surface area contributed by atoms with Crippen LogP contribution in [0.5, 0.6) is 0 Å². The van der Waals surface area contributed by atoms with Gasteiger partial charge in [-0.3, -0.25) is 9.59 Å². The van der Waals surface area contributed by atoms with E-state index in [9.17, 15) is 14.7 Å². The molecular weight excluding hydrogens is 250 g/mol. The highest BCUT2D eigenvalue weighted by atomic mass is 16.5. The summed E-state index contributed by atoms with van der Waals surface area (Å²) in [5.41, 5.74) is 0. The van der Waals surface area contributed by atoms with Crippen LogP contribution in [-0.2, 0) is 14.3 Å². The standard InChI is InChI=1S/C13H21NO5/c15-8-9-7-14(5-6-19-9)12(16)10-3-1-2-4-11(10)13(17)18/h9-11,15H,1-8H2,(H,17,18)/t9?,10-,11+/m1/s1. The van der Waals surface area contributed by atoms with Gasteiger partial charge in [0.2, 0.25) is 5.91 Å². The van der Waals surface area contributed by atoms with E-state index in [4.69, 9.17) is 9.84 Å². The number of rotatable bonds is 3. The molecular formula is C13H21NO5. The maximum absolute atomic E-state index is 12.5. The fourth-order valence-electron chi connectivity index (χ4n) is 2.99. The molecule has 6 heteroatoms. The van der Waals surface area contributed by atoms with Crippen molar-refractivity contribution in [2.75, 3.05) is 26.3 Å². The summed E-state index contributed by atoms with van der Waals surface area (Å²) >= 11 is 0. The van der Waals surface area contributed by atoms with Crippen LogP contribution in [0.1, 0.15) is 25.7 Å². The van der Waals surface area contributed by atoms with E-state index < -0.39 is 17.8 Å². The summed E-state index contributed by atoms with van der Waals surface area (Å²) < 4.78 is 5.31. The molecule has 1 saturated heterocycles. The maximum atomic E-state index is 12.5. The lowest BCUT2D eigenvalue weighted by atomic mass is 9.78. The van der Waals surface area contributed by atoms with Crippen LogP contribution in [0.15, 0.2) is 0 Å². The predicted molar refractivity (Wildman–Crippen MR) is 66.5 cm³/mol. The average molecular weight is 271 g/mol. The van der Waals surface area contributed by atoms with Crippen molar-refractivity contribution in [1.29, 1.82) is 0 Å². The van der Waals surface area contributed by atoms with Crippen LogP contribution in [-0.4, -0.2) is 59.4 Å². The minimum atomic E-state index is -0.870. The van der Waals surface area contributed by atoms with Gasteiger partial charge in [0, 0.05) is 13.1 Å². The Labute approximate surface area is 112 Å². The molecule has 0 spiro atoms. The molecule has 1 aliphatic carbocycles. The van der Waals surface area contributed by atoms with Gasteiger partial charge in [-0.25, -0.2) is 0 Å². The Bertz CT molecular complexity index is 346. The van der Waals surface area contributed by atoms with Crippen molar-refractivity contribution >= 4 is 11.9 Å². The monoisotopic (exact) mass is 271 g/mol. The summed E-state index contributed by atoms with van der Waals surface area (Å²) in [4.78, 5) is 25.3. The molecule has 1 unspecified atom stereocenters. The van der Waals surface area contributed by atoms with Gasteiger partial charge in [-0.05, 0) is 12.8 Å². The summed E-state index contributed by atoms with van der Waals surface area (Å²) in [5.74, 6) is -1.93. The zero-order valence-electron chi connectivity index (χ0n) is 11.0. The number of carbonyl (C=O) groups is 2. The fourth-order valence-corrected chi connectivity index (χ4v) is 2.99. The Morgan fingerprint density at radius 2 is 1.89 bits per heavy atom. The van der Waals surface area contributed by atoms with Crippen molar-refractivity contribution in [3.8, 4) is 0 Å². The second-order valence-electron chi connectivity index (χ2n) is 5.30. The lowest BCUT2D eigenvalue weighted by Gasteiger charge is -2.37. The van der Waals surface area contributed by atoms with E-state index in [1.54, 1.807) is 4.90 Å². The minimum Gasteiger partial charge on any atom is -0.481 e. The third-order valence-electron chi connectivity index (χ3n) is 4.05. The molecule has 3 atom stereocenters. The van der Waals surface area contributed by atoms with Gasteiger partial charge in [0.25, 0.3) is 0 Å². The SMILES string of the molecule is O=C(O)[C@H]1CCCC[C@H]1C(=O)N1CCOC(CO)C1. The molecule has 1 amide bonds. The predicted octanol–water partition coefficient (Wildman–Crippen LogP) is 0.0971. The van der Waals surface area contributed by atoms with E-state index in [1.165, 1.54) is 0 Å². The number of carboxylic acids is 1. The van der Waals surface area contributed by atoms with Crippen LogP contribution >= 0.6 is 0 Å². The van der Waals surface area contributed by atoms with E-state index in [2.05, 4.69) is 0 Å². The number of hydrogen-bond acceptors (Lipinski definition) is 4. The van der Waals surface area contributed by atoms with Gasteiger partial charge in [-0.1, -0.05) is 12.8 Å². The Kier molecular flexibility index (Phi) is 4.76. The van der Waals surface area contributed by atoms with Crippen molar-refractivity contribution in [3.63, 3.8) is 0 Å². The van der Waals surface area contributed by atoms with Gasteiger partial charge in [-0.15, -0.1) is 0 Å². The molecule has 2 fully saturated rings. The van der Waals surface area contributed by atoms with E-state index in [1.807, 2.05) is 0 Å². The van der Waals surface area contributed by atoms with E-state index in [-0.39, 0.29) is 18.6 Å². The first-order valence-corrected chi connectivity index (χ1v) is 6.87. The van der Waals surface area contributed by atoms with Crippen LogP contribution < -0.4 is 0 Å². The van der Waals surface area contributed by atoms with Crippen molar-refractivity contribution < 1.29 is 24.5 Å². The van der Waals surface area contributed by atoms with Crippen LogP contribution in [0, 0.1) is 11.8 Å². The zero-order chi connectivity index (χ0) is 13.8. The molecule has 2 rings (SSSR count). The van der Waals surface area contributed by atoms with E-state index in [0.29, 0.717) is 32.5 Å². The Balaban J connectivity index is 2.02. The van der Waals surface area contributed by atoms with Gasteiger partial charge in [0.1, 0.15) is 0 Å². The highest BCUT2D eigenvalue weighted by Crippen LogP contribution is 2.32. The van der Waals surface area contributed by atoms with Gasteiger partial charge in [0.05, 0.1) is 31.2 Å². The number of nitrogens with zero attached hydrogens (tertiary/aromatic N) is 1. The maximum Gasteiger partial charge on any atom is 0.307 e. The fraction of sp³-hybridized carbons (Fsp3) is 0.846. The number of aliphatic hydroxyl groups is 1. The largest absolute Gasteiger partial charge is 0.481 e. The lowest BCUT2D eigenvalue weighted by Crippen LogP contribution is -2.51. The summed E-state index contributed by atoms with van der Waals surface area (Å²) in [6.07, 6.45) is 2.68. The van der Waals surface area contributed by atoms with Crippen molar-refractivity contribution in [2.45, 2.75) is 31.8 Å². The summed E-state index contributed by atoms with van der Waals surface area (Å²) in [6.45, 7) is 1.13. The Hall–Kier alpha value is -1.14. The number of aliphatic carboxylic acids is 1. The zero-order valence-corrected chi connectivity index (χ0v) is 11.0. The summed E-state index contributed by atoms with van der Waals surface area (Å²) in [6, 6.07) is 0. The molecule has 0 radical (unpaired) electrons. The van der Waals surface area contributed by atoms with E-state index in [0.717, 1.165) is 12.8 Å². The molecule has 0 aromatic rings. The first kappa shape index (κ1) is 14.3. The normalized spacial score (nSPS) is 32.1. The first-order chi connectivity index (χ1) is 9.13. The van der Waals surface area contributed by atoms with Crippen LogP contribution in [0.2, 0.25) is 0 Å². The highest BCUT2D eigenvalue weighted by Gasteiger charge is 2.38. The van der Waals surface area contributed by atoms with Crippen LogP contribution in [0.25, 0.3) is 0 Å². The number of carboxylic acid groups (broad SMARTS) is 1. The van der Waals surface area contributed by atoms with Crippen molar-refractivity contribution in [1.82, 2.24) is 4.90 Å². The third kappa shape index (κ3) is 3.25. The average Bonchev–Trinajstić information content (AvgIpc) is 2.46. The number of aliphatic hydroxyl groups excluding tert-OH is 1. The van der Waals surface area contributed by atoms with E-state index >= 15 is 0 Å². The molecule has 0 aromatic heterocycles. The summed E-state index contributed by atoms with van der Waals surface area (Å²) in [7, 11) is 0. The number of hydrogen-bond donors (Lipinski definition) is 2. The van der Waals surface area contributed by atoms with Crippen molar-refractivity contribution in [2.24, 2.45) is 11.8 Å². The number of ether oxygens (including phenoxy) is 1. The van der Waals surface area contributed by atoms with Crippen LogP contribution in [0.3, 0.4) is 0 Å². The van der Waals surface area contributed by atoms with Crippen molar-refractivity contribution in [3.05, 3.63) is 0 Å². The molecule has 2 aliphatic rings.